The van der Waals surface area contributed by atoms with Crippen molar-refractivity contribution in [2.24, 2.45) is 5.92 Å². The van der Waals surface area contributed by atoms with Gasteiger partial charge in [-0.2, -0.15) is 0 Å². The van der Waals surface area contributed by atoms with Gasteiger partial charge in [-0.05, 0) is 74.9 Å². The minimum Gasteiger partial charge on any atom is -0.373 e. The number of aromatic nitrogens is 1. The van der Waals surface area contributed by atoms with Crippen molar-refractivity contribution in [2.75, 3.05) is 11.4 Å². The second-order valence-corrected chi connectivity index (χ2v) is 14.5. The van der Waals surface area contributed by atoms with E-state index in [1.54, 1.807) is 24.3 Å². The van der Waals surface area contributed by atoms with E-state index in [0.717, 1.165) is 55.7 Å². The smallest absolute Gasteiger partial charge is 0.264 e. The summed E-state index contributed by atoms with van der Waals surface area (Å²) in [5.41, 5.74) is 3.66. The van der Waals surface area contributed by atoms with Gasteiger partial charge in [-0.25, -0.2) is 13.1 Å². The third-order valence-corrected chi connectivity index (χ3v) is 11.5. The lowest BCUT2D eigenvalue weighted by molar-refractivity contribution is 0.0122. The molecule has 1 aliphatic heterocycles. The molecule has 1 aromatic heterocycles. The van der Waals surface area contributed by atoms with Gasteiger partial charge >= 0.3 is 0 Å². The summed E-state index contributed by atoms with van der Waals surface area (Å²) in [7, 11) is -3.61. The first-order chi connectivity index (χ1) is 19.8. The zero-order chi connectivity index (χ0) is 28.3. The lowest BCUT2D eigenvalue weighted by Gasteiger charge is -2.33. The Kier molecular flexibility index (Phi) is 7.04. The molecule has 1 amide bonds. The van der Waals surface area contributed by atoms with Crippen LogP contribution in [0.3, 0.4) is 0 Å². The number of nitrogens with one attached hydrogen (secondary N) is 1. The number of rotatable bonds is 9. The van der Waals surface area contributed by atoms with E-state index in [0.29, 0.717) is 64.2 Å². The fourth-order valence-electron chi connectivity index (χ4n) is 6.42. The maximum atomic E-state index is 12.6. The molecule has 0 spiro atoms. The number of piperidine rings is 1. The van der Waals surface area contributed by atoms with Gasteiger partial charge in [0.25, 0.3) is 5.91 Å². The summed E-state index contributed by atoms with van der Waals surface area (Å²) in [4.78, 5) is 14.9. The van der Waals surface area contributed by atoms with Crippen LogP contribution < -0.4 is 9.62 Å². The lowest BCUT2D eigenvalue weighted by Crippen LogP contribution is -2.41. The number of carbonyl (C=O) groups is 1. The van der Waals surface area contributed by atoms with Gasteiger partial charge in [0.1, 0.15) is 11.5 Å². The van der Waals surface area contributed by atoms with Crippen LogP contribution in [-0.2, 0) is 21.4 Å². The molecular formula is C30H31Cl2N3O5S. The zero-order valence-electron chi connectivity index (χ0n) is 22.4. The minimum absolute atomic E-state index is 0.120. The highest BCUT2D eigenvalue weighted by atomic mass is 35.5. The largest absolute Gasteiger partial charge is 0.373 e. The summed E-state index contributed by atoms with van der Waals surface area (Å²) in [6, 6.07) is 13.0. The Morgan fingerprint density at radius 1 is 1.05 bits per heavy atom. The number of anilines is 1. The van der Waals surface area contributed by atoms with E-state index < -0.39 is 21.2 Å². The Bertz CT molecular complexity index is 1560. The number of fused-ring (bicyclic) bond motifs is 2. The van der Waals surface area contributed by atoms with Crippen molar-refractivity contribution in [3.8, 4) is 11.3 Å². The van der Waals surface area contributed by atoms with Gasteiger partial charge < -0.3 is 14.2 Å². The first-order valence-corrected chi connectivity index (χ1v) is 16.6. The highest BCUT2D eigenvalue weighted by molar-refractivity contribution is 7.90. The van der Waals surface area contributed by atoms with Crippen molar-refractivity contribution >= 4 is 44.8 Å². The van der Waals surface area contributed by atoms with Gasteiger partial charge in [-0.3, -0.25) is 4.79 Å². The van der Waals surface area contributed by atoms with Crippen molar-refractivity contribution < 1.29 is 22.5 Å². The second kappa shape index (κ2) is 10.6. The Balaban J connectivity index is 1.00. The molecule has 1 N–H and O–H groups in total. The van der Waals surface area contributed by atoms with Crippen molar-refractivity contribution in [1.29, 1.82) is 0 Å². The number of benzene rings is 2. The Hall–Kier alpha value is -2.59. The van der Waals surface area contributed by atoms with Crippen molar-refractivity contribution in [3.63, 3.8) is 0 Å². The molecule has 0 unspecified atom stereocenters. The molecule has 3 saturated carbocycles. The summed E-state index contributed by atoms with van der Waals surface area (Å²) < 4.78 is 39.2. The maximum Gasteiger partial charge on any atom is 0.264 e. The van der Waals surface area contributed by atoms with Gasteiger partial charge in [-0.15, -0.1) is 0 Å². The van der Waals surface area contributed by atoms with Crippen LogP contribution in [-0.4, -0.2) is 43.4 Å². The molecule has 4 aliphatic rings. The Morgan fingerprint density at radius 2 is 1.78 bits per heavy atom. The summed E-state index contributed by atoms with van der Waals surface area (Å²) in [6.45, 7) is 1.26. The minimum atomic E-state index is -3.61. The van der Waals surface area contributed by atoms with Crippen LogP contribution in [0.15, 0.2) is 47.0 Å². The van der Waals surface area contributed by atoms with Gasteiger partial charge in [0.05, 0.1) is 28.0 Å². The standard InChI is InChI=1S/C30H31Cl2N3O5S/c31-24-5-2-6-25(32)27(24)28-23(29(40-33-28)17-7-8-17)16-39-26-14-21-13-19(26)15-35(21)20-11-9-18(10-12-20)30(36)34-41(37,38)22-3-1-4-22/h2,5-6,9-12,17,19,21-22,26H,1,3-4,7-8,13-16H2,(H,34,36)/t19-,21-,26+/m0/s1. The predicted octanol–water partition coefficient (Wildman–Crippen LogP) is 6.32. The molecule has 2 bridgehead atoms. The van der Waals surface area contributed by atoms with Crippen LogP contribution in [0.1, 0.15) is 72.5 Å². The number of nitrogens with zero attached hydrogens (tertiary/aromatic N) is 2. The van der Waals surface area contributed by atoms with Crippen LogP contribution in [0, 0.1) is 5.92 Å². The van der Waals surface area contributed by atoms with Crippen LogP contribution in [0.4, 0.5) is 5.69 Å². The summed E-state index contributed by atoms with van der Waals surface area (Å²) in [6.07, 6.45) is 6.33. The fraction of sp³-hybridized carbons (Fsp3) is 0.467. The van der Waals surface area contributed by atoms with Gasteiger partial charge in [0.2, 0.25) is 10.0 Å². The van der Waals surface area contributed by atoms with E-state index in [1.807, 2.05) is 18.2 Å². The highest BCUT2D eigenvalue weighted by Crippen LogP contribution is 2.47. The summed E-state index contributed by atoms with van der Waals surface area (Å²) in [5, 5.41) is 4.99. The molecule has 7 rings (SSSR count). The number of carbonyl (C=O) groups excluding carboxylic acids is 1. The Labute approximate surface area is 249 Å². The fourth-order valence-corrected chi connectivity index (χ4v) is 8.50. The number of hydrogen-bond donors (Lipinski definition) is 1. The Morgan fingerprint density at radius 3 is 2.39 bits per heavy atom. The molecule has 3 aromatic rings. The van der Waals surface area contributed by atoms with E-state index in [4.69, 9.17) is 32.5 Å². The normalized spacial score (nSPS) is 24.0. The second-order valence-electron chi connectivity index (χ2n) is 11.7. The monoisotopic (exact) mass is 615 g/mol. The van der Waals surface area contributed by atoms with E-state index in [1.165, 1.54) is 0 Å². The quantitative estimate of drug-likeness (QED) is 0.300. The van der Waals surface area contributed by atoms with Crippen LogP contribution in [0.2, 0.25) is 10.0 Å². The molecular weight excluding hydrogens is 585 g/mol. The van der Waals surface area contributed by atoms with Gasteiger partial charge in [0.15, 0.2) is 0 Å². The van der Waals surface area contributed by atoms with Gasteiger partial charge in [0, 0.05) is 46.8 Å². The molecule has 2 heterocycles. The predicted molar refractivity (Wildman–Crippen MR) is 157 cm³/mol. The number of hydrogen-bond acceptors (Lipinski definition) is 7. The summed E-state index contributed by atoms with van der Waals surface area (Å²) >= 11 is 13.0. The molecule has 3 aliphatic carbocycles. The van der Waals surface area contributed by atoms with Gasteiger partial charge in [-0.1, -0.05) is 40.8 Å². The average Bonchev–Trinajstić information content (AvgIpc) is 3.36. The van der Waals surface area contributed by atoms with Crippen molar-refractivity contribution in [3.05, 3.63) is 69.4 Å². The topological polar surface area (TPSA) is 102 Å². The van der Waals surface area contributed by atoms with Crippen LogP contribution >= 0.6 is 23.2 Å². The molecule has 0 radical (unpaired) electrons. The van der Waals surface area contributed by atoms with E-state index in [2.05, 4.69) is 14.8 Å². The maximum absolute atomic E-state index is 12.6. The molecule has 8 nitrogen and oxygen atoms in total. The third-order valence-electron chi connectivity index (χ3n) is 9.07. The third kappa shape index (κ3) is 5.15. The molecule has 1 saturated heterocycles. The molecule has 3 atom stereocenters. The van der Waals surface area contributed by atoms with E-state index >= 15 is 0 Å². The molecule has 2 aromatic carbocycles. The lowest BCUT2D eigenvalue weighted by atomic mass is 10.0. The van der Waals surface area contributed by atoms with E-state index in [9.17, 15) is 13.2 Å². The molecule has 216 valence electrons. The zero-order valence-corrected chi connectivity index (χ0v) is 24.7. The number of halogens is 2. The number of amides is 1. The number of ether oxygens (including phenoxy) is 1. The van der Waals surface area contributed by atoms with E-state index in [-0.39, 0.29) is 6.10 Å². The first kappa shape index (κ1) is 27.3. The highest BCUT2D eigenvalue weighted by Gasteiger charge is 2.46. The number of sulfonamides is 1. The van der Waals surface area contributed by atoms with Crippen LogP contribution in [0.25, 0.3) is 11.3 Å². The van der Waals surface area contributed by atoms with Crippen molar-refractivity contribution in [1.82, 2.24) is 9.88 Å². The molecule has 4 fully saturated rings. The summed E-state index contributed by atoms with van der Waals surface area (Å²) in [5.74, 6) is 1.06. The van der Waals surface area contributed by atoms with Crippen LogP contribution in [0.5, 0.6) is 0 Å². The molecule has 41 heavy (non-hydrogen) atoms. The first-order valence-electron chi connectivity index (χ1n) is 14.3. The average molecular weight is 617 g/mol. The molecule has 11 heteroatoms. The SMILES string of the molecule is O=C(NS(=O)(=O)C1CCC1)c1ccc(N2C[C@@H]3C[C@H]2C[C@H]3OCc2c(-c3c(Cl)cccc3Cl)noc2C2CC2)cc1. The van der Waals surface area contributed by atoms with Crippen molar-refractivity contribution in [2.45, 2.75) is 74.9 Å².